The van der Waals surface area contributed by atoms with Crippen LogP contribution in [-0.2, 0) is 4.79 Å². The van der Waals surface area contributed by atoms with Crippen LogP contribution in [0.2, 0.25) is 0 Å². The topological polar surface area (TPSA) is 66.6 Å². The van der Waals surface area contributed by atoms with Crippen molar-refractivity contribution in [1.29, 1.82) is 0 Å². The molecular weight excluding hydrogens is 156 g/mol. The van der Waals surface area contributed by atoms with Gasteiger partial charge in [0.25, 0.3) is 0 Å². The van der Waals surface area contributed by atoms with Crippen LogP contribution in [0.3, 0.4) is 0 Å². The van der Waals surface area contributed by atoms with Crippen LogP contribution in [-0.4, -0.2) is 42.2 Å². The quantitative estimate of drug-likeness (QED) is 0.523. The molecule has 0 saturated carbocycles. The van der Waals surface area contributed by atoms with E-state index in [9.17, 15) is 4.79 Å². The van der Waals surface area contributed by atoms with E-state index >= 15 is 0 Å². The zero-order valence-corrected chi connectivity index (χ0v) is 7.20. The average molecular weight is 172 g/mol. The molecule has 0 bridgehead atoms. The number of amides is 1. The summed E-state index contributed by atoms with van der Waals surface area (Å²) in [5.74, 6) is -0.155. The van der Waals surface area contributed by atoms with Crippen LogP contribution in [0.25, 0.3) is 0 Å². The largest absolute Gasteiger partial charge is 0.395 e. The lowest BCUT2D eigenvalue weighted by atomic mass is 10.3. The molecule has 0 aliphatic heterocycles. The third-order valence-electron chi connectivity index (χ3n) is 1.49. The summed E-state index contributed by atoms with van der Waals surface area (Å²) in [5.41, 5.74) is 5.29. The first-order valence-corrected chi connectivity index (χ1v) is 3.98. The molecule has 0 aliphatic rings. The van der Waals surface area contributed by atoms with Crippen molar-refractivity contribution in [2.45, 2.75) is 6.42 Å². The maximum atomic E-state index is 11.1. The van der Waals surface area contributed by atoms with Gasteiger partial charge in [0, 0.05) is 13.1 Å². The van der Waals surface area contributed by atoms with Crippen LogP contribution in [0.1, 0.15) is 6.42 Å². The van der Waals surface area contributed by atoms with Gasteiger partial charge in [-0.3, -0.25) is 4.79 Å². The highest BCUT2D eigenvalue weighted by Gasteiger charge is 2.07. The normalized spacial score (nSPS) is 9.50. The van der Waals surface area contributed by atoms with Crippen molar-refractivity contribution in [3.8, 4) is 0 Å². The second-order valence-corrected chi connectivity index (χ2v) is 2.40. The molecule has 4 heteroatoms. The summed E-state index contributed by atoms with van der Waals surface area (Å²) in [6.45, 7) is 4.83. The maximum Gasteiger partial charge on any atom is 0.246 e. The van der Waals surface area contributed by atoms with Gasteiger partial charge in [-0.25, -0.2) is 0 Å². The number of carbonyl (C=O) groups is 1. The molecule has 70 valence electrons. The molecule has 12 heavy (non-hydrogen) atoms. The Balaban J connectivity index is 3.84. The Morgan fingerprint density at radius 3 is 2.67 bits per heavy atom. The average Bonchev–Trinajstić information content (AvgIpc) is 2.11. The van der Waals surface area contributed by atoms with Gasteiger partial charge in [0.05, 0.1) is 6.61 Å². The molecule has 0 radical (unpaired) electrons. The first-order valence-electron chi connectivity index (χ1n) is 3.98. The Labute approximate surface area is 72.7 Å². The summed E-state index contributed by atoms with van der Waals surface area (Å²) >= 11 is 0. The van der Waals surface area contributed by atoms with Crippen LogP contribution in [0, 0.1) is 0 Å². The van der Waals surface area contributed by atoms with Crippen molar-refractivity contribution in [2.24, 2.45) is 5.73 Å². The molecule has 0 spiro atoms. The minimum atomic E-state index is -0.155. The van der Waals surface area contributed by atoms with Crippen molar-refractivity contribution in [1.82, 2.24) is 4.90 Å². The molecule has 0 heterocycles. The van der Waals surface area contributed by atoms with Gasteiger partial charge in [0.1, 0.15) is 0 Å². The highest BCUT2D eigenvalue weighted by molar-refractivity contribution is 5.86. The summed E-state index contributed by atoms with van der Waals surface area (Å²) < 4.78 is 0. The molecule has 0 aromatic heterocycles. The van der Waals surface area contributed by atoms with E-state index in [2.05, 4.69) is 6.58 Å². The molecule has 1 amide bonds. The molecule has 0 aliphatic carbocycles. The van der Waals surface area contributed by atoms with Crippen LogP contribution < -0.4 is 5.73 Å². The molecule has 0 fully saturated rings. The maximum absolute atomic E-state index is 11.1. The van der Waals surface area contributed by atoms with Gasteiger partial charge >= 0.3 is 0 Å². The monoisotopic (exact) mass is 172 g/mol. The molecule has 0 aromatic carbocycles. The fourth-order valence-electron chi connectivity index (χ4n) is 0.864. The fraction of sp³-hybridized carbons (Fsp3) is 0.625. The Hall–Kier alpha value is -0.870. The second kappa shape index (κ2) is 6.82. The van der Waals surface area contributed by atoms with E-state index in [1.165, 1.54) is 11.0 Å². The first kappa shape index (κ1) is 11.1. The summed E-state index contributed by atoms with van der Waals surface area (Å²) in [4.78, 5) is 12.6. The van der Waals surface area contributed by atoms with E-state index in [4.69, 9.17) is 10.8 Å². The summed E-state index contributed by atoms with van der Waals surface area (Å²) in [7, 11) is 0. The van der Waals surface area contributed by atoms with Gasteiger partial charge in [-0.1, -0.05) is 6.58 Å². The van der Waals surface area contributed by atoms with Gasteiger partial charge in [0.2, 0.25) is 5.91 Å². The van der Waals surface area contributed by atoms with Crippen LogP contribution in [0.15, 0.2) is 12.7 Å². The lowest BCUT2D eigenvalue weighted by molar-refractivity contribution is -0.126. The van der Waals surface area contributed by atoms with Gasteiger partial charge in [-0.2, -0.15) is 0 Å². The number of nitrogens with zero attached hydrogens (tertiary/aromatic N) is 1. The molecule has 0 saturated heterocycles. The van der Waals surface area contributed by atoms with Gasteiger partial charge in [0.15, 0.2) is 0 Å². The summed E-state index contributed by atoms with van der Waals surface area (Å²) in [6.07, 6.45) is 1.99. The Morgan fingerprint density at radius 2 is 2.25 bits per heavy atom. The number of hydrogen-bond donors (Lipinski definition) is 2. The lowest BCUT2D eigenvalue weighted by Gasteiger charge is -2.19. The smallest absolute Gasteiger partial charge is 0.246 e. The second-order valence-electron chi connectivity index (χ2n) is 2.40. The lowest BCUT2D eigenvalue weighted by Crippen LogP contribution is -2.33. The van der Waals surface area contributed by atoms with Crippen molar-refractivity contribution >= 4 is 5.91 Å². The minimum absolute atomic E-state index is 0.0237. The van der Waals surface area contributed by atoms with Crippen molar-refractivity contribution in [2.75, 3.05) is 26.2 Å². The number of nitrogens with two attached hydrogens (primary N) is 1. The van der Waals surface area contributed by atoms with Crippen LogP contribution in [0.4, 0.5) is 0 Å². The molecule has 3 N–H and O–H groups in total. The Kier molecular flexibility index (Phi) is 6.32. The third-order valence-corrected chi connectivity index (χ3v) is 1.49. The number of aliphatic hydroxyl groups excluding tert-OH is 1. The number of aliphatic hydroxyl groups is 1. The predicted molar refractivity (Wildman–Crippen MR) is 47.5 cm³/mol. The molecule has 0 atom stereocenters. The van der Waals surface area contributed by atoms with Crippen molar-refractivity contribution in [3.05, 3.63) is 12.7 Å². The fourth-order valence-corrected chi connectivity index (χ4v) is 0.864. The highest BCUT2D eigenvalue weighted by atomic mass is 16.3. The van der Waals surface area contributed by atoms with E-state index < -0.39 is 0 Å². The minimum Gasteiger partial charge on any atom is -0.395 e. The molecule has 0 rings (SSSR count). The molecular formula is C8H16N2O2. The Morgan fingerprint density at radius 1 is 1.58 bits per heavy atom. The summed E-state index contributed by atoms with van der Waals surface area (Å²) in [6, 6.07) is 0. The van der Waals surface area contributed by atoms with Gasteiger partial charge in [-0.15, -0.1) is 0 Å². The van der Waals surface area contributed by atoms with E-state index in [1.807, 2.05) is 0 Å². The third kappa shape index (κ3) is 4.10. The van der Waals surface area contributed by atoms with E-state index in [-0.39, 0.29) is 12.5 Å². The van der Waals surface area contributed by atoms with Crippen LogP contribution in [0.5, 0.6) is 0 Å². The van der Waals surface area contributed by atoms with Crippen molar-refractivity contribution in [3.63, 3.8) is 0 Å². The van der Waals surface area contributed by atoms with Crippen LogP contribution >= 0.6 is 0 Å². The highest BCUT2D eigenvalue weighted by Crippen LogP contribution is 1.92. The van der Waals surface area contributed by atoms with E-state index in [0.717, 1.165) is 6.42 Å². The molecule has 0 aromatic rings. The number of carbonyl (C=O) groups excluding carboxylic acids is 1. The SMILES string of the molecule is C=CC(=O)N(CCO)CCCN. The molecule has 4 nitrogen and oxygen atoms in total. The molecule has 0 unspecified atom stereocenters. The van der Waals surface area contributed by atoms with Crippen molar-refractivity contribution < 1.29 is 9.90 Å². The summed E-state index contributed by atoms with van der Waals surface area (Å²) in [5, 5.41) is 8.62. The Bertz CT molecular complexity index is 148. The zero-order chi connectivity index (χ0) is 9.40. The predicted octanol–water partition coefficient (Wildman–Crippen LogP) is -0.658. The number of rotatable bonds is 6. The van der Waals surface area contributed by atoms with Gasteiger partial charge in [-0.05, 0) is 19.0 Å². The zero-order valence-electron chi connectivity index (χ0n) is 7.20. The first-order chi connectivity index (χ1) is 5.76. The van der Waals surface area contributed by atoms with E-state index in [0.29, 0.717) is 19.6 Å². The number of hydrogen-bond acceptors (Lipinski definition) is 3. The standard InChI is InChI=1S/C8H16N2O2/c1-2-8(12)10(6-7-11)5-3-4-9/h2,11H,1,3-7,9H2. The van der Waals surface area contributed by atoms with Gasteiger partial charge < -0.3 is 15.7 Å². The van der Waals surface area contributed by atoms with E-state index in [1.54, 1.807) is 0 Å².